The van der Waals surface area contributed by atoms with Gasteiger partial charge >= 0.3 is 0 Å². The fourth-order valence-corrected chi connectivity index (χ4v) is 3.02. The Hall–Kier alpha value is -2.40. The first-order chi connectivity index (χ1) is 11.6. The summed E-state index contributed by atoms with van der Waals surface area (Å²) in [4.78, 5) is 12.4. The average Bonchev–Trinajstić information content (AvgIpc) is 2.99. The number of halogens is 1. The van der Waals surface area contributed by atoms with Crippen LogP contribution in [0.25, 0.3) is 0 Å². The summed E-state index contributed by atoms with van der Waals surface area (Å²) in [5, 5.41) is 12.1. The van der Waals surface area contributed by atoms with Crippen LogP contribution < -0.4 is 10.1 Å². The first kappa shape index (κ1) is 16.5. The monoisotopic (exact) mass is 329 g/mol. The number of carbonyl (C=O) groups is 1. The number of hydrogen-bond acceptors (Lipinski definition) is 3. The summed E-state index contributed by atoms with van der Waals surface area (Å²) < 4.78 is 19.4. The zero-order valence-electron chi connectivity index (χ0n) is 13.5. The quantitative estimate of drug-likeness (QED) is 0.887. The van der Waals surface area contributed by atoms with E-state index in [1.807, 2.05) is 6.07 Å². The van der Waals surface area contributed by atoms with Crippen molar-refractivity contribution in [1.82, 2.24) is 5.32 Å². The maximum absolute atomic E-state index is 13.8. The topological polar surface area (TPSA) is 58.6 Å². The fourth-order valence-electron chi connectivity index (χ4n) is 3.02. The van der Waals surface area contributed by atoms with Gasteiger partial charge in [-0.15, -0.1) is 0 Å². The standard InChI is InChI=1S/C19H20FNO3/c1-12(24-14-5-2-4-13(10-14)11-22)19(23)21-18-9-8-15-16(18)6-3-7-17(15)20/h2-7,10,12,18,22H,8-9,11H2,1H3,(H,21,23). The third-order valence-electron chi connectivity index (χ3n) is 4.29. The van der Waals surface area contributed by atoms with Crippen LogP contribution in [0.4, 0.5) is 4.39 Å². The van der Waals surface area contributed by atoms with Crippen LogP contribution in [-0.4, -0.2) is 17.1 Å². The van der Waals surface area contributed by atoms with E-state index in [2.05, 4.69) is 5.32 Å². The summed E-state index contributed by atoms with van der Waals surface area (Å²) in [5.41, 5.74) is 2.25. The Morgan fingerprint density at radius 3 is 2.96 bits per heavy atom. The molecule has 0 spiro atoms. The molecule has 0 aromatic heterocycles. The Kier molecular flexibility index (Phi) is 4.81. The third-order valence-corrected chi connectivity index (χ3v) is 4.29. The lowest BCUT2D eigenvalue weighted by Crippen LogP contribution is -2.38. The smallest absolute Gasteiger partial charge is 0.261 e. The summed E-state index contributed by atoms with van der Waals surface area (Å²) in [5.74, 6) is 0.0722. The van der Waals surface area contributed by atoms with Crippen molar-refractivity contribution in [2.75, 3.05) is 0 Å². The first-order valence-electron chi connectivity index (χ1n) is 8.02. The lowest BCUT2D eigenvalue weighted by atomic mass is 10.1. The van der Waals surface area contributed by atoms with Crippen LogP contribution in [-0.2, 0) is 17.8 Å². The molecule has 0 aliphatic heterocycles. The molecule has 2 atom stereocenters. The highest BCUT2D eigenvalue weighted by atomic mass is 19.1. The van der Waals surface area contributed by atoms with E-state index in [1.54, 1.807) is 37.3 Å². The van der Waals surface area contributed by atoms with Crippen LogP contribution >= 0.6 is 0 Å². The van der Waals surface area contributed by atoms with E-state index in [-0.39, 0.29) is 24.4 Å². The van der Waals surface area contributed by atoms with Crippen LogP contribution in [0.5, 0.6) is 5.75 Å². The van der Waals surface area contributed by atoms with Crippen molar-refractivity contribution in [3.8, 4) is 5.75 Å². The molecule has 1 aliphatic rings. The van der Waals surface area contributed by atoms with E-state index in [0.29, 0.717) is 24.2 Å². The van der Waals surface area contributed by atoms with Gasteiger partial charge in [-0.2, -0.15) is 0 Å². The number of ether oxygens (including phenoxy) is 1. The molecule has 0 fully saturated rings. The summed E-state index contributed by atoms with van der Waals surface area (Å²) >= 11 is 0. The highest BCUT2D eigenvalue weighted by Crippen LogP contribution is 2.32. The molecule has 2 N–H and O–H groups in total. The molecular formula is C19H20FNO3. The second-order valence-electron chi connectivity index (χ2n) is 5.97. The molecule has 0 radical (unpaired) electrons. The van der Waals surface area contributed by atoms with Gasteiger partial charge < -0.3 is 15.2 Å². The number of amides is 1. The Balaban J connectivity index is 1.64. The van der Waals surface area contributed by atoms with Gasteiger partial charge in [0.2, 0.25) is 0 Å². The third kappa shape index (κ3) is 3.41. The van der Waals surface area contributed by atoms with Gasteiger partial charge in [0, 0.05) is 0 Å². The molecule has 0 saturated carbocycles. The molecule has 0 heterocycles. The molecule has 0 bridgehead atoms. The molecule has 126 valence electrons. The number of nitrogens with one attached hydrogen (secondary N) is 1. The van der Waals surface area contributed by atoms with Gasteiger partial charge in [-0.05, 0) is 54.7 Å². The molecule has 0 saturated heterocycles. The number of aliphatic hydroxyl groups is 1. The first-order valence-corrected chi connectivity index (χ1v) is 8.02. The Morgan fingerprint density at radius 1 is 1.38 bits per heavy atom. The van der Waals surface area contributed by atoms with Crippen LogP contribution in [0.2, 0.25) is 0 Å². The number of rotatable bonds is 5. The SMILES string of the molecule is CC(Oc1cccc(CO)c1)C(=O)NC1CCc2c(F)cccc21. The van der Waals surface area contributed by atoms with Crippen molar-refractivity contribution < 1.29 is 19.0 Å². The Labute approximate surface area is 140 Å². The summed E-state index contributed by atoms with van der Waals surface area (Å²) in [7, 11) is 0. The van der Waals surface area contributed by atoms with E-state index in [1.165, 1.54) is 6.07 Å². The molecule has 24 heavy (non-hydrogen) atoms. The predicted molar refractivity (Wildman–Crippen MR) is 88.1 cm³/mol. The number of fused-ring (bicyclic) bond motifs is 1. The summed E-state index contributed by atoms with van der Waals surface area (Å²) in [6, 6.07) is 11.8. The highest BCUT2D eigenvalue weighted by molar-refractivity contribution is 5.81. The van der Waals surface area contributed by atoms with Crippen molar-refractivity contribution in [3.63, 3.8) is 0 Å². The van der Waals surface area contributed by atoms with Gasteiger partial charge in [0.15, 0.2) is 6.10 Å². The van der Waals surface area contributed by atoms with Gasteiger partial charge in [0.25, 0.3) is 5.91 Å². The molecule has 4 nitrogen and oxygen atoms in total. The van der Waals surface area contributed by atoms with E-state index in [0.717, 1.165) is 11.1 Å². The molecule has 5 heteroatoms. The number of aliphatic hydroxyl groups excluding tert-OH is 1. The van der Waals surface area contributed by atoms with Crippen molar-refractivity contribution in [3.05, 3.63) is 65.0 Å². The van der Waals surface area contributed by atoms with Gasteiger partial charge in [0.05, 0.1) is 12.6 Å². The van der Waals surface area contributed by atoms with Crippen molar-refractivity contribution in [1.29, 1.82) is 0 Å². The molecule has 2 aromatic carbocycles. The Morgan fingerprint density at radius 2 is 2.17 bits per heavy atom. The summed E-state index contributed by atoms with van der Waals surface area (Å²) in [6.07, 6.45) is 0.631. The van der Waals surface area contributed by atoms with E-state index in [9.17, 15) is 9.18 Å². The van der Waals surface area contributed by atoms with Crippen LogP contribution in [0.3, 0.4) is 0 Å². The predicted octanol–water partition coefficient (Wildman–Crippen LogP) is 2.89. The minimum absolute atomic E-state index is 0.0812. The maximum atomic E-state index is 13.8. The van der Waals surface area contributed by atoms with E-state index < -0.39 is 6.10 Å². The van der Waals surface area contributed by atoms with Gasteiger partial charge in [-0.3, -0.25) is 4.79 Å². The number of hydrogen-bond donors (Lipinski definition) is 2. The normalized spacial score (nSPS) is 17.2. The van der Waals surface area contributed by atoms with Crippen LogP contribution in [0.15, 0.2) is 42.5 Å². The van der Waals surface area contributed by atoms with Crippen molar-refractivity contribution >= 4 is 5.91 Å². The van der Waals surface area contributed by atoms with Crippen LogP contribution in [0.1, 0.15) is 36.1 Å². The van der Waals surface area contributed by atoms with Crippen molar-refractivity contribution in [2.24, 2.45) is 0 Å². The lowest BCUT2D eigenvalue weighted by Gasteiger charge is -2.19. The van der Waals surface area contributed by atoms with Gasteiger partial charge in [-0.25, -0.2) is 4.39 Å². The van der Waals surface area contributed by atoms with Crippen molar-refractivity contribution in [2.45, 2.75) is 38.5 Å². The zero-order valence-corrected chi connectivity index (χ0v) is 13.5. The second kappa shape index (κ2) is 7.01. The minimum atomic E-state index is -0.684. The Bertz CT molecular complexity index is 747. The lowest BCUT2D eigenvalue weighted by molar-refractivity contribution is -0.128. The van der Waals surface area contributed by atoms with E-state index in [4.69, 9.17) is 9.84 Å². The molecule has 1 amide bonds. The number of carbonyl (C=O) groups excluding carboxylic acids is 1. The van der Waals surface area contributed by atoms with E-state index >= 15 is 0 Å². The maximum Gasteiger partial charge on any atom is 0.261 e. The minimum Gasteiger partial charge on any atom is -0.481 e. The molecular weight excluding hydrogens is 309 g/mol. The second-order valence-corrected chi connectivity index (χ2v) is 5.97. The molecule has 3 rings (SSSR count). The number of benzene rings is 2. The highest BCUT2D eigenvalue weighted by Gasteiger charge is 2.27. The van der Waals surface area contributed by atoms with Gasteiger partial charge in [-0.1, -0.05) is 24.3 Å². The summed E-state index contributed by atoms with van der Waals surface area (Å²) in [6.45, 7) is 1.59. The zero-order chi connectivity index (χ0) is 17.1. The fraction of sp³-hybridized carbons (Fsp3) is 0.316. The van der Waals surface area contributed by atoms with Gasteiger partial charge in [0.1, 0.15) is 11.6 Å². The van der Waals surface area contributed by atoms with Crippen LogP contribution in [0, 0.1) is 5.82 Å². The largest absolute Gasteiger partial charge is 0.481 e. The molecule has 1 aliphatic carbocycles. The average molecular weight is 329 g/mol. The molecule has 2 aromatic rings. The molecule has 2 unspecified atom stereocenters.